The fourth-order valence-corrected chi connectivity index (χ4v) is 7.03. The third-order valence-electron chi connectivity index (χ3n) is 7.38. The first kappa shape index (κ1) is 37.9. The largest absolute Gasteiger partial charge is 1.00 e. The number of carbonyl (C=O) groups is 2. The summed E-state index contributed by atoms with van der Waals surface area (Å²) in [5, 5.41) is 31.6. The van der Waals surface area contributed by atoms with Gasteiger partial charge >= 0.3 is 29.6 Å². The maximum Gasteiger partial charge on any atom is 1.00 e. The average Bonchev–Trinajstić information content (AvgIpc) is 3.33. The van der Waals surface area contributed by atoms with E-state index in [1.54, 1.807) is 18.4 Å². The summed E-state index contributed by atoms with van der Waals surface area (Å²) in [4.78, 5) is 22.3. The number of aromatic nitrogens is 1. The number of amides is 1. The van der Waals surface area contributed by atoms with Crippen LogP contribution in [0.1, 0.15) is 55.1 Å². The molecule has 0 bridgehead atoms. The number of nitrogens with two attached hydrogens (primary N) is 1. The zero-order chi connectivity index (χ0) is 33.8. The standard InChI is InChI=1S/C33H35F2N3O7S.Na/c1-19(2)30-32(46(44,45)37-25-13-7-22(8-14-25)33(36)43)29(20-3-9-23(34)10-4-20)31(21-5-11-24(35)12-6-21)38(30)16-15-26(39)17-27(40)18-28(41)42;/h3-14,19,26-27,37,39-40H,15-18H2,1-2H3,(H2,36,43)(H,41,42);/q;+1/p-1/t26-,27-;/m1./s1. The molecule has 0 aliphatic heterocycles. The summed E-state index contributed by atoms with van der Waals surface area (Å²) in [5.41, 5.74) is 7.27. The zero-order valence-electron chi connectivity index (χ0n) is 26.1. The Morgan fingerprint density at radius 2 is 1.43 bits per heavy atom. The molecule has 0 saturated heterocycles. The van der Waals surface area contributed by atoms with Crippen molar-refractivity contribution in [1.29, 1.82) is 0 Å². The predicted octanol–water partition coefficient (Wildman–Crippen LogP) is 0.769. The molecule has 47 heavy (non-hydrogen) atoms. The number of carbonyl (C=O) groups excluding carboxylic acids is 2. The van der Waals surface area contributed by atoms with Crippen LogP contribution in [-0.2, 0) is 21.4 Å². The summed E-state index contributed by atoms with van der Waals surface area (Å²) in [6, 6.07) is 16.1. The molecule has 0 fully saturated rings. The van der Waals surface area contributed by atoms with Crippen LogP contribution in [-0.4, -0.2) is 47.3 Å². The Balaban J connectivity index is 0.00000600. The fraction of sp³-hybridized carbons (Fsp3) is 0.273. The van der Waals surface area contributed by atoms with Gasteiger partial charge in [0, 0.05) is 41.4 Å². The van der Waals surface area contributed by atoms with Gasteiger partial charge in [0.2, 0.25) is 5.91 Å². The van der Waals surface area contributed by atoms with Crippen molar-refractivity contribution in [3.8, 4) is 22.4 Å². The van der Waals surface area contributed by atoms with Gasteiger partial charge in [0.25, 0.3) is 10.0 Å². The molecule has 0 radical (unpaired) electrons. The van der Waals surface area contributed by atoms with Crippen LogP contribution in [0.15, 0.2) is 77.7 Å². The Morgan fingerprint density at radius 1 is 0.894 bits per heavy atom. The summed E-state index contributed by atoms with van der Waals surface area (Å²) in [6.45, 7) is 3.56. The molecule has 4 aromatic rings. The van der Waals surface area contributed by atoms with E-state index < -0.39 is 58.1 Å². The van der Waals surface area contributed by atoms with Crippen molar-refractivity contribution in [2.45, 2.75) is 62.7 Å². The summed E-state index contributed by atoms with van der Waals surface area (Å²) in [5.74, 6) is -3.68. The molecule has 5 N–H and O–H groups in total. The van der Waals surface area contributed by atoms with Gasteiger partial charge in [-0.3, -0.25) is 9.52 Å². The van der Waals surface area contributed by atoms with Gasteiger partial charge in [-0.25, -0.2) is 17.2 Å². The second kappa shape index (κ2) is 16.0. The van der Waals surface area contributed by atoms with Crippen LogP contribution < -0.4 is 45.1 Å². The summed E-state index contributed by atoms with van der Waals surface area (Å²) in [6.07, 6.45) is -3.48. The van der Waals surface area contributed by atoms with E-state index in [4.69, 9.17) is 5.73 Å². The molecular weight excluding hydrogens is 643 g/mol. The molecule has 0 spiro atoms. The minimum atomic E-state index is -4.43. The molecule has 4 rings (SSSR count). The first-order valence-corrected chi connectivity index (χ1v) is 15.9. The van der Waals surface area contributed by atoms with E-state index in [1.807, 2.05) is 0 Å². The smallest absolute Gasteiger partial charge is 0.550 e. The quantitative estimate of drug-likeness (QED) is 0.143. The summed E-state index contributed by atoms with van der Waals surface area (Å²) < 4.78 is 61.1. The molecule has 3 aromatic carbocycles. The van der Waals surface area contributed by atoms with Crippen molar-refractivity contribution in [3.05, 3.63) is 95.7 Å². The van der Waals surface area contributed by atoms with E-state index in [0.29, 0.717) is 22.5 Å². The Hall–Kier alpha value is -3.59. The number of rotatable bonds is 14. The summed E-state index contributed by atoms with van der Waals surface area (Å²) >= 11 is 0. The van der Waals surface area contributed by atoms with Gasteiger partial charge in [-0.2, -0.15) is 0 Å². The number of carboxylic acid groups (broad SMARTS) is 1. The van der Waals surface area contributed by atoms with Crippen LogP contribution >= 0.6 is 0 Å². The molecule has 2 atom stereocenters. The molecule has 14 heteroatoms. The number of primary amides is 1. The second-order valence-corrected chi connectivity index (χ2v) is 12.8. The number of anilines is 1. The molecule has 0 unspecified atom stereocenters. The van der Waals surface area contributed by atoms with Crippen molar-refractivity contribution in [1.82, 2.24) is 4.57 Å². The average molecular weight is 678 g/mol. The number of hydrogen-bond donors (Lipinski definition) is 4. The predicted molar refractivity (Wildman–Crippen MR) is 166 cm³/mol. The van der Waals surface area contributed by atoms with Crippen LogP contribution in [0.2, 0.25) is 0 Å². The first-order valence-electron chi connectivity index (χ1n) is 14.4. The molecule has 1 heterocycles. The van der Waals surface area contributed by atoms with Gasteiger partial charge < -0.3 is 30.4 Å². The van der Waals surface area contributed by atoms with Crippen molar-refractivity contribution in [3.63, 3.8) is 0 Å². The Kier molecular flexibility index (Phi) is 12.9. The molecule has 1 amide bonds. The number of aliphatic carboxylic acids is 1. The Labute approximate surface area is 293 Å². The van der Waals surface area contributed by atoms with E-state index >= 15 is 0 Å². The number of carboxylic acids is 1. The number of halogens is 2. The van der Waals surface area contributed by atoms with Crippen LogP contribution in [0, 0.1) is 11.6 Å². The van der Waals surface area contributed by atoms with Gasteiger partial charge in [0.15, 0.2) is 0 Å². The Bertz CT molecular complexity index is 1810. The van der Waals surface area contributed by atoms with Crippen molar-refractivity contribution in [2.75, 3.05) is 4.72 Å². The number of sulfonamides is 1. The second-order valence-electron chi connectivity index (χ2n) is 11.2. The van der Waals surface area contributed by atoms with Gasteiger partial charge in [0.05, 0.1) is 17.9 Å². The maximum absolute atomic E-state index is 14.3. The number of nitrogens with one attached hydrogen (secondary N) is 1. The van der Waals surface area contributed by atoms with Crippen molar-refractivity contribution in [2.24, 2.45) is 5.73 Å². The zero-order valence-corrected chi connectivity index (χ0v) is 28.9. The van der Waals surface area contributed by atoms with E-state index in [9.17, 15) is 42.1 Å². The molecular formula is C33H34F2N3NaO7S. The number of nitrogens with zero attached hydrogens (tertiary/aromatic N) is 1. The van der Waals surface area contributed by atoms with E-state index in [0.717, 1.165) is 0 Å². The molecule has 0 aliphatic rings. The van der Waals surface area contributed by atoms with Gasteiger partial charge in [0.1, 0.15) is 16.5 Å². The van der Waals surface area contributed by atoms with Crippen LogP contribution in [0.3, 0.4) is 0 Å². The van der Waals surface area contributed by atoms with Crippen molar-refractivity contribution >= 4 is 27.6 Å². The molecule has 1 aromatic heterocycles. The van der Waals surface area contributed by atoms with Crippen LogP contribution in [0.4, 0.5) is 14.5 Å². The molecule has 10 nitrogen and oxygen atoms in total. The third-order valence-corrected chi connectivity index (χ3v) is 8.83. The number of hydrogen-bond acceptors (Lipinski definition) is 7. The topological polar surface area (TPSA) is 175 Å². The van der Waals surface area contributed by atoms with Gasteiger partial charge in [-0.05, 0) is 90.6 Å². The van der Waals surface area contributed by atoms with Gasteiger partial charge in [-0.15, -0.1) is 0 Å². The maximum atomic E-state index is 14.3. The molecule has 244 valence electrons. The first-order chi connectivity index (χ1) is 21.7. The minimum absolute atomic E-state index is 0. The third kappa shape index (κ3) is 9.28. The van der Waals surface area contributed by atoms with E-state index in [2.05, 4.69) is 4.72 Å². The van der Waals surface area contributed by atoms with E-state index in [-0.39, 0.29) is 70.7 Å². The van der Waals surface area contributed by atoms with E-state index in [1.165, 1.54) is 72.8 Å². The normalized spacial score (nSPS) is 12.7. The fourth-order valence-electron chi connectivity index (χ4n) is 5.38. The monoisotopic (exact) mass is 677 g/mol. The Morgan fingerprint density at radius 3 is 1.91 bits per heavy atom. The minimum Gasteiger partial charge on any atom is -0.550 e. The van der Waals surface area contributed by atoms with Crippen LogP contribution in [0.5, 0.6) is 0 Å². The SMILES string of the molecule is CC(C)c1c(S(=O)(=O)Nc2ccc(C(N)=O)cc2)c(-c2ccc(F)cc2)c(-c2ccc(F)cc2)n1CC[C@@H](O)C[C@@H](O)CC(=O)[O-].[Na+]. The number of aliphatic hydroxyl groups is 2. The number of benzene rings is 3. The van der Waals surface area contributed by atoms with Gasteiger partial charge in [-0.1, -0.05) is 26.0 Å². The summed E-state index contributed by atoms with van der Waals surface area (Å²) in [7, 11) is -4.43. The number of aliphatic hydroxyl groups excluding tert-OH is 2. The molecule has 0 saturated carbocycles. The molecule has 0 aliphatic carbocycles. The van der Waals surface area contributed by atoms with Crippen molar-refractivity contribution < 1.29 is 71.7 Å². The van der Waals surface area contributed by atoms with Crippen LogP contribution in [0.25, 0.3) is 22.4 Å².